The number of thiophene rings is 1. The highest BCUT2D eigenvalue weighted by Gasteiger charge is 2.35. The SMILES string of the molecule is Cc1ccc(C(C(=O)NC2CCCC2)N(Cc2ccco2)C(=O)Cc2cccs2)o1. The van der Waals surface area contributed by atoms with Gasteiger partial charge in [-0.2, -0.15) is 0 Å². The summed E-state index contributed by atoms with van der Waals surface area (Å²) in [6.45, 7) is 2.03. The van der Waals surface area contributed by atoms with Crippen LogP contribution in [0.25, 0.3) is 0 Å². The fraction of sp³-hybridized carbons (Fsp3) is 0.391. The van der Waals surface area contributed by atoms with Gasteiger partial charge in [0, 0.05) is 10.9 Å². The summed E-state index contributed by atoms with van der Waals surface area (Å²) in [6.07, 6.45) is 5.97. The lowest BCUT2D eigenvalue weighted by molar-refractivity contribution is -0.142. The number of rotatable bonds is 8. The van der Waals surface area contributed by atoms with Crippen LogP contribution >= 0.6 is 11.3 Å². The molecule has 4 rings (SSSR count). The van der Waals surface area contributed by atoms with Crippen LogP contribution in [0.3, 0.4) is 0 Å². The maximum absolute atomic E-state index is 13.4. The lowest BCUT2D eigenvalue weighted by Gasteiger charge is -2.30. The molecule has 0 saturated heterocycles. The van der Waals surface area contributed by atoms with Crippen molar-refractivity contribution < 1.29 is 18.4 Å². The second-order valence-electron chi connectivity index (χ2n) is 7.70. The molecule has 0 aliphatic heterocycles. The van der Waals surface area contributed by atoms with Crippen molar-refractivity contribution in [3.8, 4) is 0 Å². The molecule has 0 spiro atoms. The monoisotopic (exact) mass is 426 g/mol. The highest BCUT2D eigenvalue weighted by molar-refractivity contribution is 7.10. The van der Waals surface area contributed by atoms with Gasteiger partial charge in [0.15, 0.2) is 6.04 Å². The standard InChI is InChI=1S/C23H26N2O4S/c1-16-10-11-20(29-16)22(23(27)24-17-6-2-3-7-17)25(15-18-8-4-12-28-18)21(26)14-19-9-5-13-30-19/h4-5,8-13,17,22H,2-3,6-7,14-15H2,1H3,(H,24,27). The third kappa shape index (κ3) is 4.84. The Morgan fingerprint density at radius 3 is 2.67 bits per heavy atom. The Hall–Kier alpha value is -2.80. The summed E-state index contributed by atoms with van der Waals surface area (Å²) in [5.74, 6) is 1.44. The van der Waals surface area contributed by atoms with Crippen molar-refractivity contribution in [1.29, 1.82) is 0 Å². The van der Waals surface area contributed by atoms with E-state index in [9.17, 15) is 9.59 Å². The molecule has 3 aromatic heterocycles. The first-order valence-electron chi connectivity index (χ1n) is 10.3. The fourth-order valence-corrected chi connectivity index (χ4v) is 4.63. The van der Waals surface area contributed by atoms with Crippen LogP contribution in [0.15, 0.2) is 56.9 Å². The first-order chi connectivity index (χ1) is 14.6. The maximum Gasteiger partial charge on any atom is 0.250 e. The molecule has 1 N–H and O–H groups in total. The van der Waals surface area contributed by atoms with E-state index >= 15 is 0 Å². The van der Waals surface area contributed by atoms with Crippen LogP contribution in [0.4, 0.5) is 0 Å². The predicted molar refractivity (Wildman–Crippen MR) is 114 cm³/mol. The van der Waals surface area contributed by atoms with E-state index in [2.05, 4.69) is 5.32 Å². The fourth-order valence-electron chi connectivity index (χ4n) is 3.93. The lowest BCUT2D eigenvalue weighted by Crippen LogP contribution is -2.46. The van der Waals surface area contributed by atoms with Crippen LogP contribution in [0.2, 0.25) is 0 Å². The molecule has 0 aromatic carbocycles. The first kappa shape index (κ1) is 20.5. The van der Waals surface area contributed by atoms with Crippen molar-refractivity contribution in [3.63, 3.8) is 0 Å². The minimum atomic E-state index is -0.850. The van der Waals surface area contributed by atoms with Gasteiger partial charge in [-0.15, -0.1) is 11.3 Å². The molecular formula is C23H26N2O4S. The largest absolute Gasteiger partial charge is 0.467 e. The topological polar surface area (TPSA) is 75.7 Å². The Kier molecular flexibility index (Phi) is 6.38. The van der Waals surface area contributed by atoms with Gasteiger partial charge >= 0.3 is 0 Å². The smallest absolute Gasteiger partial charge is 0.250 e. The second kappa shape index (κ2) is 9.34. The molecule has 1 unspecified atom stereocenters. The molecule has 1 aliphatic carbocycles. The van der Waals surface area contributed by atoms with E-state index in [0.29, 0.717) is 17.3 Å². The van der Waals surface area contributed by atoms with Gasteiger partial charge in [-0.3, -0.25) is 9.59 Å². The van der Waals surface area contributed by atoms with E-state index in [-0.39, 0.29) is 30.8 Å². The Morgan fingerprint density at radius 2 is 2.03 bits per heavy atom. The number of carbonyl (C=O) groups excluding carboxylic acids is 2. The summed E-state index contributed by atoms with van der Waals surface area (Å²) in [6, 6.07) is 10.3. The molecule has 0 bridgehead atoms. The summed E-state index contributed by atoms with van der Waals surface area (Å²) in [7, 11) is 0. The van der Waals surface area contributed by atoms with Gasteiger partial charge in [-0.05, 0) is 55.5 Å². The van der Waals surface area contributed by atoms with Crippen molar-refractivity contribution in [2.75, 3.05) is 0 Å². The van der Waals surface area contributed by atoms with Crippen LogP contribution in [-0.4, -0.2) is 22.8 Å². The minimum Gasteiger partial charge on any atom is -0.467 e. The van der Waals surface area contributed by atoms with Gasteiger partial charge in [-0.25, -0.2) is 0 Å². The Morgan fingerprint density at radius 1 is 1.20 bits per heavy atom. The van der Waals surface area contributed by atoms with E-state index < -0.39 is 6.04 Å². The van der Waals surface area contributed by atoms with Crippen LogP contribution in [-0.2, 0) is 22.6 Å². The highest BCUT2D eigenvalue weighted by Crippen LogP contribution is 2.28. The van der Waals surface area contributed by atoms with E-state index in [1.807, 2.05) is 36.6 Å². The molecule has 2 amide bonds. The zero-order chi connectivity index (χ0) is 20.9. The quantitative estimate of drug-likeness (QED) is 0.571. The zero-order valence-electron chi connectivity index (χ0n) is 17.0. The van der Waals surface area contributed by atoms with Gasteiger partial charge in [0.25, 0.3) is 5.91 Å². The Labute approximate surface area is 179 Å². The minimum absolute atomic E-state index is 0.144. The third-order valence-corrected chi connectivity index (χ3v) is 6.30. The van der Waals surface area contributed by atoms with Gasteiger partial charge in [0.2, 0.25) is 5.91 Å². The zero-order valence-corrected chi connectivity index (χ0v) is 17.8. The van der Waals surface area contributed by atoms with Gasteiger partial charge in [0.05, 0.1) is 19.2 Å². The number of carbonyl (C=O) groups is 2. The molecule has 1 atom stereocenters. The number of nitrogens with zero attached hydrogens (tertiary/aromatic N) is 1. The van der Waals surface area contributed by atoms with Crippen molar-refractivity contribution in [3.05, 3.63) is 70.2 Å². The molecule has 30 heavy (non-hydrogen) atoms. The normalized spacial score (nSPS) is 15.2. The van der Waals surface area contributed by atoms with Crippen molar-refractivity contribution in [1.82, 2.24) is 10.2 Å². The van der Waals surface area contributed by atoms with E-state index in [1.54, 1.807) is 23.3 Å². The van der Waals surface area contributed by atoms with Crippen molar-refractivity contribution >= 4 is 23.2 Å². The average Bonchev–Trinajstić information content (AvgIpc) is 3.51. The van der Waals surface area contributed by atoms with E-state index in [0.717, 1.165) is 30.6 Å². The average molecular weight is 427 g/mol. The number of aryl methyl sites for hydroxylation is 1. The third-order valence-electron chi connectivity index (χ3n) is 5.42. The molecule has 158 valence electrons. The first-order valence-corrected chi connectivity index (χ1v) is 11.2. The molecule has 7 heteroatoms. The molecule has 0 radical (unpaired) electrons. The maximum atomic E-state index is 13.4. The molecule has 6 nitrogen and oxygen atoms in total. The van der Waals surface area contributed by atoms with Crippen LogP contribution in [0.5, 0.6) is 0 Å². The van der Waals surface area contributed by atoms with E-state index in [4.69, 9.17) is 8.83 Å². The van der Waals surface area contributed by atoms with Gasteiger partial charge in [0.1, 0.15) is 17.3 Å². The van der Waals surface area contributed by atoms with Crippen LogP contribution in [0, 0.1) is 6.92 Å². The van der Waals surface area contributed by atoms with Gasteiger partial charge < -0.3 is 19.1 Å². The van der Waals surface area contributed by atoms with Gasteiger partial charge in [-0.1, -0.05) is 18.9 Å². The Balaban J connectivity index is 1.65. The molecule has 3 heterocycles. The number of furan rings is 2. The van der Waals surface area contributed by atoms with Crippen molar-refractivity contribution in [2.24, 2.45) is 0 Å². The molecule has 1 saturated carbocycles. The van der Waals surface area contributed by atoms with Crippen LogP contribution in [0.1, 0.15) is 53.9 Å². The predicted octanol–water partition coefficient (Wildman–Crippen LogP) is 4.61. The summed E-state index contributed by atoms with van der Waals surface area (Å²) in [4.78, 5) is 29.3. The summed E-state index contributed by atoms with van der Waals surface area (Å²) in [5, 5.41) is 5.08. The molecular weight excluding hydrogens is 400 g/mol. The highest BCUT2D eigenvalue weighted by atomic mass is 32.1. The Bertz CT molecular complexity index is 955. The molecule has 1 aliphatic rings. The van der Waals surface area contributed by atoms with Crippen LogP contribution < -0.4 is 5.32 Å². The molecule has 3 aromatic rings. The summed E-state index contributed by atoms with van der Waals surface area (Å²) < 4.78 is 11.3. The number of amides is 2. The van der Waals surface area contributed by atoms with Crippen molar-refractivity contribution in [2.45, 2.75) is 57.7 Å². The summed E-state index contributed by atoms with van der Waals surface area (Å²) in [5.41, 5.74) is 0. The summed E-state index contributed by atoms with van der Waals surface area (Å²) >= 11 is 1.53. The molecule has 1 fully saturated rings. The number of hydrogen-bond donors (Lipinski definition) is 1. The second-order valence-corrected chi connectivity index (χ2v) is 8.73. The van der Waals surface area contributed by atoms with E-state index in [1.165, 1.54) is 11.3 Å². The number of hydrogen-bond acceptors (Lipinski definition) is 5. The number of nitrogens with one attached hydrogen (secondary N) is 1. The lowest BCUT2D eigenvalue weighted by atomic mass is 10.1.